The third kappa shape index (κ3) is 54.0. The van der Waals surface area contributed by atoms with Crippen LogP contribution in [0.2, 0.25) is 0 Å². The van der Waals surface area contributed by atoms with Crippen molar-refractivity contribution in [2.24, 2.45) is 0 Å². The first kappa shape index (κ1) is 24.6. The van der Waals surface area contributed by atoms with Gasteiger partial charge in [0.05, 0.1) is 0 Å². The molecule has 17 heavy (non-hydrogen) atoms. The van der Waals surface area contributed by atoms with E-state index in [0.717, 1.165) is 0 Å². The zero-order valence-electron chi connectivity index (χ0n) is 8.34. The summed E-state index contributed by atoms with van der Waals surface area (Å²) in [5, 5.41) is 51.1. The first-order valence-corrected chi connectivity index (χ1v) is 2.99. The molecule has 0 bridgehead atoms. The number of carboxylic acids is 4. The molecule has 0 saturated heterocycles. The van der Waals surface area contributed by atoms with Gasteiger partial charge in [0, 0.05) is 18.9 Å². The summed E-state index contributed by atoms with van der Waals surface area (Å²) >= 11 is 0. The fraction of sp³-hybridized carbons (Fsp3) is 0. The maximum Gasteiger partial charge on any atom is 0.631 e. The van der Waals surface area contributed by atoms with Crippen LogP contribution < -0.4 is 0 Å². The molecule has 0 fully saturated rings. The number of hydrogen-bond donors (Lipinski definition) is 7. The third-order valence-electron chi connectivity index (χ3n) is 0.366. The van der Waals surface area contributed by atoms with E-state index in [1.807, 2.05) is 0 Å². The molecule has 0 heterocycles. The van der Waals surface area contributed by atoms with E-state index in [9.17, 15) is 0 Å². The minimum Gasteiger partial charge on any atom is -0.473 e. The molecular weight excluding hydrogens is 242 g/mol. The second-order valence-electron chi connectivity index (χ2n) is 1.57. The number of aliphatic carboxylic acids is 4. The van der Waals surface area contributed by atoms with Crippen molar-refractivity contribution in [3.8, 4) is 0 Å². The van der Waals surface area contributed by atoms with Gasteiger partial charge in [0.2, 0.25) is 0 Å². The molecular formula is C4H7BLiO11. The predicted octanol–water partition coefficient (Wildman–Crippen LogP) is -4.12. The second kappa shape index (κ2) is 14.4. The van der Waals surface area contributed by atoms with E-state index in [4.69, 9.17) is 54.7 Å². The maximum absolute atomic E-state index is 9.10. The molecule has 0 aliphatic heterocycles. The van der Waals surface area contributed by atoms with Gasteiger partial charge in [-0.2, -0.15) is 0 Å². The molecule has 7 N–H and O–H groups in total. The fourth-order valence-electron chi connectivity index (χ4n) is 0. The zero-order valence-corrected chi connectivity index (χ0v) is 8.34. The van der Waals surface area contributed by atoms with Crippen LogP contribution in [0, 0.1) is 0 Å². The van der Waals surface area contributed by atoms with Crippen molar-refractivity contribution >= 4 is 50.1 Å². The van der Waals surface area contributed by atoms with E-state index in [2.05, 4.69) is 0 Å². The molecule has 0 aromatic rings. The quantitative estimate of drug-likeness (QED) is 0.162. The molecule has 1 radical (unpaired) electrons. The van der Waals surface area contributed by atoms with Crippen LogP contribution in [0.15, 0.2) is 0 Å². The van der Waals surface area contributed by atoms with E-state index in [-0.39, 0.29) is 18.9 Å². The average Bonchev–Trinajstić information content (AvgIpc) is 2.03. The standard InChI is InChI=1S/2C2H2O4.BH3O3.Li/c2*3-1(4)2(5)6;2-1(3)4;/h2*(H,3,4)(H,5,6);2-4H;. The van der Waals surface area contributed by atoms with Crippen molar-refractivity contribution in [2.45, 2.75) is 0 Å². The fourth-order valence-corrected chi connectivity index (χ4v) is 0. The predicted molar refractivity (Wildman–Crippen MR) is 48.7 cm³/mol. The monoisotopic (exact) mass is 249 g/mol. The van der Waals surface area contributed by atoms with Crippen LogP contribution in [-0.4, -0.2) is 85.6 Å². The van der Waals surface area contributed by atoms with E-state index < -0.39 is 31.2 Å². The van der Waals surface area contributed by atoms with Crippen LogP contribution in [0.5, 0.6) is 0 Å². The molecule has 0 aliphatic carbocycles. The van der Waals surface area contributed by atoms with Crippen LogP contribution in [-0.2, 0) is 19.2 Å². The van der Waals surface area contributed by atoms with Crippen LogP contribution in [0.25, 0.3) is 0 Å². The molecule has 0 unspecified atom stereocenters. The van der Waals surface area contributed by atoms with Crippen molar-refractivity contribution in [1.29, 1.82) is 0 Å². The van der Waals surface area contributed by atoms with Gasteiger partial charge in [0.25, 0.3) is 0 Å². The summed E-state index contributed by atoms with van der Waals surface area (Å²) < 4.78 is 0. The second-order valence-corrected chi connectivity index (χ2v) is 1.57. The number of rotatable bonds is 0. The Morgan fingerprint density at radius 1 is 0.588 bits per heavy atom. The van der Waals surface area contributed by atoms with Crippen LogP contribution >= 0.6 is 0 Å². The van der Waals surface area contributed by atoms with E-state index in [1.54, 1.807) is 0 Å². The van der Waals surface area contributed by atoms with Gasteiger partial charge < -0.3 is 35.5 Å². The Morgan fingerprint density at radius 3 is 0.647 bits per heavy atom. The van der Waals surface area contributed by atoms with Crippen molar-refractivity contribution in [1.82, 2.24) is 0 Å². The SMILES string of the molecule is O=C(O)C(=O)O.O=C(O)C(=O)O.OB(O)O.[Li]. The molecule has 0 rings (SSSR count). The van der Waals surface area contributed by atoms with Gasteiger partial charge in [-0.3, -0.25) is 0 Å². The number of hydrogen-bond acceptors (Lipinski definition) is 7. The van der Waals surface area contributed by atoms with Gasteiger partial charge in [-0.05, 0) is 0 Å². The molecule has 13 heteroatoms. The molecule has 0 aromatic carbocycles. The Labute approximate surface area is 105 Å². The Hall–Kier alpha value is -1.58. The third-order valence-corrected chi connectivity index (χ3v) is 0.366. The van der Waals surface area contributed by atoms with Crippen LogP contribution in [0.3, 0.4) is 0 Å². The van der Waals surface area contributed by atoms with E-state index in [0.29, 0.717) is 0 Å². The Balaban J connectivity index is -0.0000000741. The molecule has 11 nitrogen and oxygen atoms in total. The minimum atomic E-state index is -2.17. The van der Waals surface area contributed by atoms with Crippen LogP contribution in [0.1, 0.15) is 0 Å². The first-order chi connectivity index (χ1) is 7.02. The summed E-state index contributed by atoms with van der Waals surface area (Å²) in [7, 11) is -2.17. The number of carboxylic acid groups (broad SMARTS) is 4. The summed E-state index contributed by atoms with van der Waals surface area (Å²) in [6.07, 6.45) is 0. The van der Waals surface area contributed by atoms with Crippen molar-refractivity contribution < 1.29 is 54.7 Å². The maximum atomic E-state index is 9.10. The number of carbonyl (C=O) groups is 4. The van der Waals surface area contributed by atoms with Gasteiger partial charge in [-0.25, -0.2) is 19.2 Å². The molecule has 0 amide bonds. The first-order valence-electron chi connectivity index (χ1n) is 2.99. The molecule has 0 saturated carbocycles. The van der Waals surface area contributed by atoms with Gasteiger partial charge in [-0.15, -0.1) is 0 Å². The smallest absolute Gasteiger partial charge is 0.473 e. The van der Waals surface area contributed by atoms with E-state index in [1.165, 1.54) is 0 Å². The summed E-state index contributed by atoms with van der Waals surface area (Å²) in [6.45, 7) is 0. The zero-order chi connectivity index (χ0) is 13.9. The molecule has 0 spiro atoms. The summed E-state index contributed by atoms with van der Waals surface area (Å²) in [5.74, 6) is -7.30. The summed E-state index contributed by atoms with van der Waals surface area (Å²) in [6, 6.07) is 0. The van der Waals surface area contributed by atoms with Crippen molar-refractivity contribution in [3.05, 3.63) is 0 Å². The summed E-state index contributed by atoms with van der Waals surface area (Å²) in [5.41, 5.74) is 0. The van der Waals surface area contributed by atoms with Gasteiger partial charge in [0.15, 0.2) is 0 Å². The van der Waals surface area contributed by atoms with Gasteiger partial charge in [0.1, 0.15) is 0 Å². The van der Waals surface area contributed by atoms with Gasteiger partial charge >= 0.3 is 31.2 Å². The Morgan fingerprint density at radius 2 is 0.647 bits per heavy atom. The molecule has 0 atom stereocenters. The minimum absolute atomic E-state index is 0. The van der Waals surface area contributed by atoms with Gasteiger partial charge in [-0.1, -0.05) is 0 Å². The molecule has 0 aliphatic rings. The van der Waals surface area contributed by atoms with Crippen molar-refractivity contribution in [3.63, 3.8) is 0 Å². The molecule has 93 valence electrons. The normalized spacial score (nSPS) is 6.76. The molecule has 0 aromatic heterocycles. The summed E-state index contributed by atoms with van der Waals surface area (Å²) in [4.78, 5) is 36.4. The Kier molecular flexibility index (Phi) is 20.9. The van der Waals surface area contributed by atoms with Crippen molar-refractivity contribution in [2.75, 3.05) is 0 Å². The topological polar surface area (TPSA) is 210 Å². The van der Waals surface area contributed by atoms with Crippen LogP contribution in [0.4, 0.5) is 0 Å². The van der Waals surface area contributed by atoms with E-state index >= 15 is 0 Å². The Bertz CT molecular complexity index is 211. The average molecular weight is 249 g/mol. The largest absolute Gasteiger partial charge is 0.631 e.